The first-order valence-electron chi connectivity index (χ1n) is 11.4. The predicted octanol–water partition coefficient (Wildman–Crippen LogP) is 3.24. The largest absolute Gasteiger partial charge is 0.467 e. The van der Waals surface area contributed by atoms with Gasteiger partial charge in [0.05, 0.1) is 23.6 Å². The standard InChI is InChI=1S/C23H32F2N4O3/c1-14(12-31-2)9-20-27-11-18-21(29-20)17(15-3-5-16(30)6-4-15)10-28-22(18)32-19-7-8-26-13-23(19,24)25/h10-11,14-16,19,26,30H,3-9,12-13H2,1-2H3/t14-,15?,16?,19+/m1/s1. The van der Waals surface area contributed by atoms with Crippen LogP contribution in [0.5, 0.6) is 5.88 Å². The molecule has 0 bridgehead atoms. The smallest absolute Gasteiger partial charge is 0.296 e. The number of aromatic nitrogens is 3. The lowest BCUT2D eigenvalue weighted by Gasteiger charge is -2.32. The van der Waals surface area contributed by atoms with Gasteiger partial charge in [-0.3, -0.25) is 0 Å². The van der Waals surface area contributed by atoms with E-state index in [9.17, 15) is 13.9 Å². The molecule has 4 rings (SSSR count). The highest BCUT2D eigenvalue weighted by molar-refractivity contribution is 5.85. The number of ether oxygens (including phenoxy) is 2. The van der Waals surface area contributed by atoms with E-state index in [0.29, 0.717) is 36.3 Å². The number of hydrogen-bond acceptors (Lipinski definition) is 7. The summed E-state index contributed by atoms with van der Waals surface area (Å²) in [5.41, 5.74) is 1.68. The Morgan fingerprint density at radius 2 is 1.97 bits per heavy atom. The number of rotatable bonds is 7. The van der Waals surface area contributed by atoms with Crippen molar-refractivity contribution in [3.63, 3.8) is 0 Å². The molecule has 0 aromatic carbocycles. The Balaban J connectivity index is 1.69. The van der Waals surface area contributed by atoms with Crippen LogP contribution in [0.1, 0.15) is 56.3 Å². The van der Waals surface area contributed by atoms with Crippen LogP contribution < -0.4 is 10.1 Å². The average molecular weight is 451 g/mol. The number of aliphatic hydroxyl groups excluding tert-OH is 1. The first-order chi connectivity index (χ1) is 15.4. The number of methoxy groups -OCH3 is 1. The van der Waals surface area contributed by atoms with E-state index >= 15 is 0 Å². The normalized spacial score (nSPS) is 26.7. The van der Waals surface area contributed by atoms with Gasteiger partial charge in [-0.2, -0.15) is 0 Å². The van der Waals surface area contributed by atoms with Crippen molar-refractivity contribution in [3.05, 3.63) is 23.8 Å². The lowest BCUT2D eigenvalue weighted by Crippen LogP contribution is -2.52. The molecule has 1 saturated carbocycles. The third-order valence-electron chi connectivity index (χ3n) is 6.45. The molecule has 2 aromatic heterocycles. The van der Waals surface area contributed by atoms with E-state index in [-0.39, 0.29) is 30.2 Å². The first-order valence-corrected chi connectivity index (χ1v) is 11.4. The Bertz CT molecular complexity index is 921. The number of nitrogens with one attached hydrogen (secondary N) is 1. The SMILES string of the molecule is COC[C@H](C)Cc1ncc2c(O[C@H]3CCNCC3(F)F)ncc(C3CCC(O)CC3)c2n1. The van der Waals surface area contributed by atoms with Gasteiger partial charge < -0.3 is 19.9 Å². The lowest BCUT2D eigenvalue weighted by molar-refractivity contribution is -0.109. The number of aliphatic hydroxyl groups is 1. The zero-order chi connectivity index (χ0) is 22.7. The lowest BCUT2D eigenvalue weighted by atomic mass is 9.82. The molecule has 176 valence electrons. The topological polar surface area (TPSA) is 89.4 Å². The summed E-state index contributed by atoms with van der Waals surface area (Å²) in [4.78, 5) is 13.8. The van der Waals surface area contributed by atoms with E-state index in [1.807, 2.05) is 0 Å². The molecule has 0 radical (unpaired) electrons. The van der Waals surface area contributed by atoms with E-state index < -0.39 is 18.6 Å². The Labute approximate surface area is 187 Å². The van der Waals surface area contributed by atoms with Crippen LogP contribution in [0, 0.1) is 5.92 Å². The fourth-order valence-electron chi connectivity index (χ4n) is 4.68. The summed E-state index contributed by atoms with van der Waals surface area (Å²) in [5.74, 6) is -1.68. The van der Waals surface area contributed by atoms with Gasteiger partial charge in [0, 0.05) is 44.5 Å². The molecule has 1 aliphatic carbocycles. The third-order valence-corrected chi connectivity index (χ3v) is 6.45. The second kappa shape index (κ2) is 9.89. The third kappa shape index (κ3) is 5.15. The molecule has 3 heterocycles. The van der Waals surface area contributed by atoms with Gasteiger partial charge in [0.2, 0.25) is 5.88 Å². The van der Waals surface area contributed by atoms with Gasteiger partial charge in [0.15, 0.2) is 6.10 Å². The number of halogens is 2. The number of pyridine rings is 1. The van der Waals surface area contributed by atoms with Crippen LogP contribution >= 0.6 is 0 Å². The van der Waals surface area contributed by atoms with Crippen molar-refractivity contribution in [2.24, 2.45) is 5.92 Å². The summed E-state index contributed by atoms with van der Waals surface area (Å²) in [6, 6.07) is 0. The molecule has 0 unspecified atom stereocenters. The minimum absolute atomic E-state index is 0.155. The number of hydrogen-bond donors (Lipinski definition) is 2. The Morgan fingerprint density at radius 1 is 1.19 bits per heavy atom. The molecule has 7 nitrogen and oxygen atoms in total. The van der Waals surface area contributed by atoms with E-state index in [1.54, 1.807) is 19.5 Å². The van der Waals surface area contributed by atoms with Crippen LogP contribution in [-0.4, -0.2) is 65.0 Å². The molecule has 1 aliphatic heterocycles. The van der Waals surface area contributed by atoms with Gasteiger partial charge in [0.25, 0.3) is 5.92 Å². The van der Waals surface area contributed by atoms with Crippen molar-refractivity contribution in [1.82, 2.24) is 20.3 Å². The summed E-state index contributed by atoms with van der Waals surface area (Å²) in [7, 11) is 1.67. The zero-order valence-corrected chi connectivity index (χ0v) is 18.7. The van der Waals surface area contributed by atoms with Crippen LogP contribution in [0.2, 0.25) is 0 Å². The number of piperidine rings is 1. The van der Waals surface area contributed by atoms with Crippen molar-refractivity contribution in [3.8, 4) is 5.88 Å². The van der Waals surface area contributed by atoms with Crippen molar-refractivity contribution in [2.75, 3.05) is 26.8 Å². The summed E-state index contributed by atoms with van der Waals surface area (Å²) in [6.45, 7) is 2.74. The molecule has 32 heavy (non-hydrogen) atoms. The summed E-state index contributed by atoms with van der Waals surface area (Å²) < 4.78 is 39.7. The van der Waals surface area contributed by atoms with Crippen LogP contribution in [0.4, 0.5) is 8.78 Å². The van der Waals surface area contributed by atoms with Gasteiger partial charge in [-0.15, -0.1) is 0 Å². The highest BCUT2D eigenvalue weighted by atomic mass is 19.3. The van der Waals surface area contributed by atoms with Crippen LogP contribution in [0.3, 0.4) is 0 Å². The Morgan fingerprint density at radius 3 is 2.69 bits per heavy atom. The Kier molecular flexibility index (Phi) is 7.17. The van der Waals surface area contributed by atoms with Crippen molar-refractivity contribution in [1.29, 1.82) is 0 Å². The van der Waals surface area contributed by atoms with E-state index in [0.717, 1.165) is 31.2 Å². The monoisotopic (exact) mass is 450 g/mol. The molecule has 0 amide bonds. The second-order valence-corrected chi connectivity index (χ2v) is 9.17. The summed E-state index contributed by atoms with van der Waals surface area (Å²) in [5, 5.41) is 13.2. The minimum Gasteiger partial charge on any atom is -0.467 e. The molecule has 9 heteroatoms. The predicted molar refractivity (Wildman–Crippen MR) is 116 cm³/mol. The van der Waals surface area contributed by atoms with Crippen LogP contribution in [0.15, 0.2) is 12.4 Å². The van der Waals surface area contributed by atoms with E-state index in [1.165, 1.54) is 0 Å². The first kappa shape index (κ1) is 23.2. The van der Waals surface area contributed by atoms with Gasteiger partial charge in [-0.1, -0.05) is 6.92 Å². The van der Waals surface area contributed by atoms with E-state index in [4.69, 9.17) is 14.5 Å². The maximum Gasteiger partial charge on any atom is 0.296 e. The molecular formula is C23H32F2N4O3. The fraction of sp³-hybridized carbons (Fsp3) is 0.696. The maximum absolute atomic E-state index is 14.4. The van der Waals surface area contributed by atoms with Crippen molar-refractivity contribution in [2.45, 2.75) is 69.5 Å². The van der Waals surface area contributed by atoms with Crippen LogP contribution in [0.25, 0.3) is 10.9 Å². The molecule has 2 aromatic rings. The zero-order valence-electron chi connectivity index (χ0n) is 18.7. The summed E-state index contributed by atoms with van der Waals surface area (Å²) in [6.07, 6.45) is 5.85. The Hall–Kier alpha value is -1.97. The quantitative estimate of drug-likeness (QED) is 0.669. The van der Waals surface area contributed by atoms with Crippen LogP contribution in [-0.2, 0) is 11.2 Å². The number of alkyl halides is 2. The van der Waals surface area contributed by atoms with Gasteiger partial charge >= 0.3 is 0 Å². The summed E-state index contributed by atoms with van der Waals surface area (Å²) >= 11 is 0. The maximum atomic E-state index is 14.4. The molecule has 2 aliphatic rings. The average Bonchev–Trinajstić information content (AvgIpc) is 2.76. The molecule has 2 N–H and O–H groups in total. The second-order valence-electron chi connectivity index (χ2n) is 9.17. The number of fused-ring (bicyclic) bond motifs is 1. The highest BCUT2D eigenvalue weighted by Crippen LogP contribution is 2.38. The molecule has 0 spiro atoms. The fourth-order valence-corrected chi connectivity index (χ4v) is 4.68. The van der Waals surface area contributed by atoms with Gasteiger partial charge in [-0.25, -0.2) is 23.7 Å². The van der Waals surface area contributed by atoms with E-state index in [2.05, 4.69) is 22.2 Å². The number of nitrogens with zero attached hydrogens (tertiary/aromatic N) is 3. The molecule has 1 saturated heterocycles. The van der Waals surface area contributed by atoms with Crippen molar-refractivity contribution < 1.29 is 23.4 Å². The molecule has 2 fully saturated rings. The minimum atomic E-state index is -2.97. The van der Waals surface area contributed by atoms with Crippen molar-refractivity contribution >= 4 is 10.9 Å². The van der Waals surface area contributed by atoms with Gasteiger partial charge in [-0.05, 0) is 44.1 Å². The molecule has 2 atom stereocenters. The van der Waals surface area contributed by atoms with Gasteiger partial charge in [0.1, 0.15) is 5.82 Å². The highest BCUT2D eigenvalue weighted by Gasteiger charge is 2.44. The molecular weight excluding hydrogens is 418 g/mol.